The molecule has 0 aliphatic rings. The summed E-state index contributed by atoms with van der Waals surface area (Å²) in [6, 6.07) is 3.76. The molecule has 0 atom stereocenters. The van der Waals surface area contributed by atoms with Gasteiger partial charge in [-0.1, -0.05) is 0 Å². The lowest BCUT2D eigenvalue weighted by molar-refractivity contribution is -0.137. The Hall–Kier alpha value is -1.31. The van der Waals surface area contributed by atoms with Gasteiger partial charge < -0.3 is 10.6 Å². The molecule has 0 spiro atoms. The van der Waals surface area contributed by atoms with Gasteiger partial charge in [0.25, 0.3) is 0 Å². The summed E-state index contributed by atoms with van der Waals surface area (Å²) in [7, 11) is 0. The van der Waals surface area contributed by atoms with Crippen molar-refractivity contribution in [3.8, 4) is 0 Å². The molecule has 0 radical (unpaired) electrons. The van der Waals surface area contributed by atoms with Crippen molar-refractivity contribution < 1.29 is 22.4 Å². The highest BCUT2D eigenvalue weighted by molar-refractivity contribution is 9.10. The maximum atomic E-state index is 12.9. The molecule has 0 aromatic heterocycles. The lowest BCUT2D eigenvalue weighted by Gasteiger charge is -2.10. The zero-order valence-corrected chi connectivity index (χ0v) is 10.5. The summed E-state index contributed by atoms with van der Waals surface area (Å²) in [6.07, 6.45) is -4.45. The van der Waals surface area contributed by atoms with Crippen LogP contribution in [0, 0.1) is 5.82 Å². The number of hydrogen-bond donors (Lipinski definition) is 2. The molecule has 8 heteroatoms. The smallest absolute Gasteiger partial charge is 0.375 e. The zero-order valence-electron chi connectivity index (χ0n) is 8.94. The van der Waals surface area contributed by atoms with Gasteiger partial charge >= 0.3 is 6.18 Å². The summed E-state index contributed by atoms with van der Waals surface area (Å²) in [6.45, 7) is -1.77. The summed E-state index contributed by atoms with van der Waals surface area (Å²) >= 11 is 3.11. The van der Waals surface area contributed by atoms with Gasteiger partial charge in [0, 0.05) is 4.47 Å². The van der Waals surface area contributed by atoms with Crippen molar-refractivity contribution in [2.45, 2.75) is 6.18 Å². The number of carbonyl (C=O) groups excluding carboxylic acids is 1. The first-order chi connectivity index (χ1) is 8.28. The van der Waals surface area contributed by atoms with Crippen LogP contribution in [0.15, 0.2) is 22.7 Å². The van der Waals surface area contributed by atoms with Gasteiger partial charge in [0.2, 0.25) is 5.91 Å². The van der Waals surface area contributed by atoms with Crippen LogP contribution in [-0.2, 0) is 4.79 Å². The number of halogens is 5. The van der Waals surface area contributed by atoms with E-state index in [-0.39, 0.29) is 12.2 Å². The van der Waals surface area contributed by atoms with Gasteiger partial charge in [-0.2, -0.15) is 13.2 Å². The Bertz CT molecular complexity index is 436. The van der Waals surface area contributed by atoms with Crippen molar-refractivity contribution in [3.63, 3.8) is 0 Å². The van der Waals surface area contributed by atoms with Crippen LogP contribution in [0.2, 0.25) is 0 Å². The second-order valence-corrected chi connectivity index (χ2v) is 4.22. The van der Waals surface area contributed by atoms with Gasteiger partial charge in [-0.05, 0) is 34.1 Å². The van der Waals surface area contributed by atoms with Crippen LogP contribution in [0.3, 0.4) is 0 Å². The first kappa shape index (κ1) is 14.7. The topological polar surface area (TPSA) is 41.1 Å². The number of hydrogen-bond acceptors (Lipinski definition) is 2. The quantitative estimate of drug-likeness (QED) is 0.834. The van der Waals surface area contributed by atoms with Crippen LogP contribution in [0.4, 0.5) is 23.2 Å². The number of benzene rings is 1. The molecule has 3 nitrogen and oxygen atoms in total. The predicted octanol–water partition coefficient (Wildman–Crippen LogP) is 2.68. The molecule has 0 unspecified atom stereocenters. The number of alkyl halides is 3. The van der Waals surface area contributed by atoms with E-state index in [1.54, 1.807) is 5.32 Å². The van der Waals surface area contributed by atoms with E-state index in [9.17, 15) is 22.4 Å². The van der Waals surface area contributed by atoms with Crippen LogP contribution in [0.1, 0.15) is 0 Å². The number of anilines is 1. The van der Waals surface area contributed by atoms with E-state index in [0.29, 0.717) is 4.47 Å². The Balaban J connectivity index is 2.45. The Kier molecular flexibility index (Phi) is 4.94. The predicted molar refractivity (Wildman–Crippen MR) is 61.7 cm³/mol. The molecular weight excluding hydrogens is 320 g/mol. The van der Waals surface area contributed by atoms with Crippen LogP contribution in [0.5, 0.6) is 0 Å². The summed E-state index contributed by atoms with van der Waals surface area (Å²) < 4.78 is 48.8. The molecule has 100 valence electrons. The molecule has 1 aromatic carbocycles. The molecular formula is C10H9BrF4N2O. The largest absolute Gasteiger partial charge is 0.405 e. The Morgan fingerprint density at radius 2 is 2.00 bits per heavy atom. The standard InChI is InChI=1S/C10H9BrF4N2O/c11-7-2-1-6(12)3-8(7)16-4-9(18)17-5-10(13,14)15/h1-3,16H,4-5H2,(H,17,18). The maximum Gasteiger partial charge on any atom is 0.405 e. The van der Waals surface area contributed by atoms with Crippen molar-refractivity contribution >= 4 is 27.5 Å². The Labute approximate surface area is 109 Å². The summed E-state index contributed by atoms with van der Waals surface area (Å²) in [5.41, 5.74) is 0.289. The van der Waals surface area contributed by atoms with Crippen LogP contribution in [0.25, 0.3) is 0 Å². The van der Waals surface area contributed by atoms with Crippen LogP contribution in [-0.4, -0.2) is 25.2 Å². The van der Waals surface area contributed by atoms with Crippen molar-refractivity contribution in [3.05, 3.63) is 28.5 Å². The van der Waals surface area contributed by atoms with E-state index in [1.165, 1.54) is 12.1 Å². The number of amides is 1. The minimum Gasteiger partial charge on any atom is -0.375 e. The van der Waals surface area contributed by atoms with Gasteiger partial charge in [-0.3, -0.25) is 4.79 Å². The number of nitrogens with one attached hydrogen (secondary N) is 2. The van der Waals surface area contributed by atoms with Gasteiger partial charge in [0.05, 0.1) is 12.2 Å². The highest BCUT2D eigenvalue weighted by Crippen LogP contribution is 2.22. The first-order valence-electron chi connectivity index (χ1n) is 4.80. The SMILES string of the molecule is O=C(CNc1cc(F)ccc1Br)NCC(F)(F)F. The van der Waals surface area contributed by atoms with Crippen molar-refractivity contribution in [1.29, 1.82) is 0 Å². The third-order valence-corrected chi connectivity index (χ3v) is 2.55. The number of rotatable bonds is 4. The first-order valence-corrected chi connectivity index (χ1v) is 5.59. The monoisotopic (exact) mass is 328 g/mol. The normalized spacial score (nSPS) is 11.2. The highest BCUT2D eigenvalue weighted by Gasteiger charge is 2.27. The molecule has 1 amide bonds. The van der Waals surface area contributed by atoms with E-state index < -0.39 is 24.4 Å². The molecule has 1 aromatic rings. The average molecular weight is 329 g/mol. The van der Waals surface area contributed by atoms with Gasteiger partial charge in [0.1, 0.15) is 12.4 Å². The Morgan fingerprint density at radius 3 is 2.61 bits per heavy atom. The Morgan fingerprint density at radius 1 is 1.33 bits per heavy atom. The molecule has 0 saturated heterocycles. The lowest BCUT2D eigenvalue weighted by atomic mass is 10.3. The van der Waals surface area contributed by atoms with E-state index >= 15 is 0 Å². The van der Waals surface area contributed by atoms with E-state index in [0.717, 1.165) is 6.07 Å². The second-order valence-electron chi connectivity index (χ2n) is 3.37. The maximum absolute atomic E-state index is 12.9. The third-order valence-electron chi connectivity index (χ3n) is 1.85. The minimum atomic E-state index is -4.45. The van der Waals surface area contributed by atoms with E-state index in [1.807, 2.05) is 0 Å². The third kappa shape index (κ3) is 5.35. The van der Waals surface area contributed by atoms with Gasteiger partial charge in [-0.15, -0.1) is 0 Å². The van der Waals surface area contributed by atoms with Gasteiger partial charge in [-0.25, -0.2) is 4.39 Å². The molecule has 0 bridgehead atoms. The van der Waals surface area contributed by atoms with E-state index in [4.69, 9.17) is 0 Å². The van der Waals surface area contributed by atoms with Crippen LogP contribution < -0.4 is 10.6 Å². The van der Waals surface area contributed by atoms with Crippen LogP contribution >= 0.6 is 15.9 Å². The molecule has 0 heterocycles. The minimum absolute atomic E-state index is 0.289. The van der Waals surface area contributed by atoms with E-state index in [2.05, 4.69) is 21.2 Å². The molecule has 0 saturated carbocycles. The fourth-order valence-corrected chi connectivity index (χ4v) is 1.46. The van der Waals surface area contributed by atoms with Gasteiger partial charge in [0.15, 0.2) is 0 Å². The summed E-state index contributed by atoms with van der Waals surface area (Å²) in [5.74, 6) is -1.35. The van der Waals surface area contributed by atoms with Crippen molar-refractivity contribution in [2.24, 2.45) is 0 Å². The molecule has 18 heavy (non-hydrogen) atoms. The summed E-state index contributed by atoms with van der Waals surface area (Å²) in [4.78, 5) is 11.1. The summed E-state index contributed by atoms with van der Waals surface area (Å²) in [5, 5.41) is 4.21. The highest BCUT2D eigenvalue weighted by atomic mass is 79.9. The fraction of sp³-hybridized carbons (Fsp3) is 0.300. The molecule has 0 aliphatic carbocycles. The average Bonchev–Trinajstić information content (AvgIpc) is 2.26. The van der Waals surface area contributed by atoms with Crippen molar-refractivity contribution in [1.82, 2.24) is 5.32 Å². The fourth-order valence-electron chi connectivity index (χ4n) is 1.07. The lowest BCUT2D eigenvalue weighted by Crippen LogP contribution is -2.37. The molecule has 0 aliphatic heterocycles. The molecule has 0 fully saturated rings. The number of carbonyl (C=O) groups is 1. The zero-order chi connectivity index (χ0) is 13.8. The second kappa shape index (κ2) is 6.03. The van der Waals surface area contributed by atoms with Crippen molar-refractivity contribution in [2.75, 3.05) is 18.4 Å². The molecule has 1 rings (SSSR count). The molecule has 2 N–H and O–H groups in total.